The predicted molar refractivity (Wildman–Crippen MR) is 395 cm³/mol. The summed E-state index contributed by atoms with van der Waals surface area (Å²) < 4.78 is 19.3. The second-order valence-corrected chi connectivity index (χ2v) is 69.1. The molecule has 3 aromatic rings. The molecule has 3 aromatic carbocycles. The average Bonchev–Trinajstić information content (AvgIpc) is 3.16. The van der Waals surface area contributed by atoms with E-state index in [-0.39, 0.29) is 81.7 Å². The van der Waals surface area contributed by atoms with Gasteiger partial charge < -0.3 is 29.2 Å². The third-order valence-electron chi connectivity index (χ3n) is 10.2. The predicted octanol–water partition coefficient (Wildman–Crippen LogP) is 25.7. The number of rotatable bonds is 20. The van der Waals surface area contributed by atoms with Crippen molar-refractivity contribution < 1.29 is 81.7 Å². The van der Waals surface area contributed by atoms with Crippen LogP contribution in [0.25, 0.3) is 29.2 Å². The Morgan fingerprint density at radius 1 is 0.329 bits per heavy atom. The van der Waals surface area contributed by atoms with Gasteiger partial charge in [0, 0.05) is 11.4 Å². The summed E-state index contributed by atoms with van der Waals surface area (Å²) in [6.45, 7) is 81.1. The summed E-state index contributed by atoms with van der Waals surface area (Å²) in [7, 11) is -8.85. The van der Waals surface area contributed by atoms with Gasteiger partial charge in [-0.2, -0.15) is 11.4 Å². The minimum Gasteiger partial charge on any atom is -0.668 e. The van der Waals surface area contributed by atoms with Gasteiger partial charge in [0.15, 0.2) is 0 Å². The zero-order valence-electron chi connectivity index (χ0n) is 59.8. The molecule has 0 saturated heterocycles. The number of aliphatic imine (C=N–C) groups is 2. The first-order valence-corrected chi connectivity index (χ1v) is 57.4. The van der Waals surface area contributed by atoms with E-state index in [1.165, 1.54) is 22.3 Å². The normalized spacial score (nSPS) is 13.4. The third-order valence-corrected chi connectivity index (χ3v) is 31.7. The summed E-state index contributed by atoms with van der Waals surface area (Å²) in [5, 5.41) is 9.74. The van der Waals surface area contributed by atoms with E-state index in [1.807, 2.05) is 52.0 Å². The van der Waals surface area contributed by atoms with Crippen molar-refractivity contribution in [2.45, 2.75) is 264 Å². The van der Waals surface area contributed by atoms with E-state index in [0.717, 1.165) is 45.6 Å². The Labute approximate surface area is 584 Å². The van der Waals surface area contributed by atoms with E-state index in [1.54, 1.807) is 0 Å². The molecular weight excluding hydrogens is 1390 g/mol. The standard InChI is InChI=1S/C40H52N4.4C6H18NSi2.2Nd/c1-25(2)35-18-14-19-36(26(3)4)39(35)43-31(11)22-29(9)41-33-16-13-17-34(24-33)42-30(10)23-32(12)44-40-37(27(5)6)20-15-21-38(40)28(7)8;4*1-8(2,3)7-9(4,5)6;;/h13-28H,1-12H3;4*1-6H3;;/q-2;4*-1;2*+3/b29-22-,30-23-,43-31?,44-32?;;;;;;. The zero-order valence-corrected chi connectivity index (χ0v) is 74.2. The van der Waals surface area contributed by atoms with E-state index < -0.39 is 65.9 Å². The Hall–Kier alpha value is 0.356. The largest absolute Gasteiger partial charge is 3.00 e. The minimum atomic E-state index is -1.11. The van der Waals surface area contributed by atoms with Gasteiger partial charge in [0.25, 0.3) is 0 Å². The molecule has 0 saturated carbocycles. The van der Waals surface area contributed by atoms with Crippen LogP contribution in [-0.2, 0) is 0 Å². The maximum atomic E-state index is 5.07. The molecule has 2 radical (unpaired) electrons. The van der Waals surface area contributed by atoms with Crippen LogP contribution in [0.4, 0.5) is 22.7 Å². The summed E-state index contributed by atoms with van der Waals surface area (Å²) in [6.07, 6.45) is 4.10. The third kappa shape index (κ3) is 48.3. The van der Waals surface area contributed by atoms with Crippen LogP contribution in [0.2, 0.25) is 157 Å². The molecule has 0 atom stereocenters. The smallest absolute Gasteiger partial charge is 0.668 e. The summed E-state index contributed by atoms with van der Waals surface area (Å²) in [5.41, 5.74) is 12.7. The van der Waals surface area contributed by atoms with Crippen LogP contribution >= 0.6 is 0 Å². The number of allylic oxidation sites excluding steroid dienone is 4. The van der Waals surface area contributed by atoms with Gasteiger partial charge in [-0.25, -0.2) is 0 Å². The van der Waals surface area contributed by atoms with Crippen LogP contribution in [0.3, 0.4) is 0 Å². The van der Waals surface area contributed by atoms with Gasteiger partial charge in [0.05, 0.1) is 11.4 Å². The van der Waals surface area contributed by atoms with Gasteiger partial charge >= 0.3 is 81.7 Å². The molecule has 460 valence electrons. The van der Waals surface area contributed by atoms with Crippen LogP contribution in [0, 0.1) is 81.7 Å². The molecule has 82 heavy (non-hydrogen) atoms. The zero-order chi connectivity index (χ0) is 63.4. The molecule has 8 nitrogen and oxygen atoms in total. The molecule has 0 spiro atoms. The average molecular weight is 1520 g/mol. The first-order chi connectivity index (χ1) is 35.6. The number of benzene rings is 3. The number of nitrogens with zero attached hydrogens (tertiary/aromatic N) is 8. The van der Waals surface area contributed by atoms with Crippen molar-refractivity contribution in [2.75, 3.05) is 0 Å². The fraction of sp³-hybridized carbons (Fsp3) is 0.625. The Kier molecular flexibility index (Phi) is 42.0. The maximum Gasteiger partial charge on any atom is 3.00 e. The molecule has 0 fully saturated rings. The summed E-state index contributed by atoms with van der Waals surface area (Å²) >= 11 is 0. The molecule has 0 aliphatic rings. The van der Waals surface area contributed by atoms with E-state index in [9.17, 15) is 0 Å². The second kappa shape index (κ2) is 38.8. The van der Waals surface area contributed by atoms with Crippen molar-refractivity contribution in [3.8, 4) is 0 Å². The van der Waals surface area contributed by atoms with Crippen molar-refractivity contribution in [3.05, 3.63) is 136 Å². The van der Waals surface area contributed by atoms with Crippen LogP contribution < -0.4 is 0 Å². The Morgan fingerprint density at radius 3 is 0.671 bits per heavy atom. The molecule has 0 aromatic heterocycles. The van der Waals surface area contributed by atoms with Gasteiger partial charge in [0.2, 0.25) is 0 Å². The number of hydrogen-bond donors (Lipinski definition) is 0. The topological polar surface area (TPSA) is 109 Å². The van der Waals surface area contributed by atoms with Crippen molar-refractivity contribution in [1.29, 1.82) is 0 Å². The molecular formula is C64H124N8Nd2Si8. The Bertz CT molecular complexity index is 2120. The van der Waals surface area contributed by atoms with Crippen LogP contribution in [-0.4, -0.2) is 77.3 Å². The van der Waals surface area contributed by atoms with Gasteiger partial charge in [-0.15, -0.1) is 11.4 Å². The van der Waals surface area contributed by atoms with Crippen LogP contribution in [0.1, 0.15) is 129 Å². The summed E-state index contributed by atoms with van der Waals surface area (Å²) in [4.78, 5) is 10.1. The van der Waals surface area contributed by atoms with E-state index in [0.29, 0.717) is 23.7 Å². The molecule has 0 amide bonds. The molecule has 0 aliphatic carbocycles. The molecule has 0 N–H and O–H groups in total. The molecule has 0 heterocycles. The fourth-order valence-electron chi connectivity index (χ4n) is 9.43. The number of para-hydroxylation sites is 2. The fourth-order valence-corrected chi connectivity index (χ4v) is 41.6. The minimum absolute atomic E-state index is 0. The number of hydrogen-bond acceptors (Lipinski definition) is 2. The Balaban J connectivity index is -0.000000643. The van der Waals surface area contributed by atoms with Crippen molar-refractivity contribution in [1.82, 2.24) is 0 Å². The Morgan fingerprint density at radius 2 is 0.512 bits per heavy atom. The first kappa shape index (κ1) is 88.8. The van der Waals surface area contributed by atoms with Gasteiger partial charge in [0.1, 0.15) is 0 Å². The van der Waals surface area contributed by atoms with E-state index in [4.69, 9.17) is 39.2 Å². The summed E-state index contributed by atoms with van der Waals surface area (Å²) in [5.74, 6) is 1.62. The van der Waals surface area contributed by atoms with E-state index in [2.05, 4.69) is 261 Å². The first-order valence-electron chi connectivity index (χ1n) is 29.8. The van der Waals surface area contributed by atoms with Gasteiger partial charge in [-0.1, -0.05) is 365 Å². The second-order valence-electron chi connectivity index (χ2n) is 30.8. The van der Waals surface area contributed by atoms with Crippen molar-refractivity contribution >= 4 is 100 Å². The van der Waals surface area contributed by atoms with E-state index >= 15 is 0 Å². The molecule has 3 rings (SSSR count). The van der Waals surface area contributed by atoms with Gasteiger partial charge in [-0.05, 0) is 59.8 Å². The molecule has 0 bridgehead atoms. The molecule has 0 aliphatic heterocycles. The van der Waals surface area contributed by atoms with Crippen LogP contribution in [0.5, 0.6) is 0 Å². The van der Waals surface area contributed by atoms with Crippen molar-refractivity contribution in [2.24, 2.45) is 9.98 Å². The van der Waals surface area contributed by atoms with Gasteiger partial charge in [-0.3, -0.25) is 9.98 Å². The summed E-state index contributed by atoms with van der Waals surface area (Å²) in [6, 6.07) is 21.1. The molecule has 18 heteroatoms. The SMILES string of the molecule is CC(/C=C(/C)[N-]c1cccc([N-]/C(C)=C\C(C)=Nc2c(C(C)C)cccc2C(C)C)c1)=Nc1c(C(C)C)cccc1C(C)C.C[Si](C)(C)[N-][Si](C)(C)C.C[Si](C)(C)[N-][Si](C)(C)C.C[Si](C)(C)[N-][Si](C)(C)C.C[Si](C)(C)[N-][Si](C)(C)C.[Nd+3].[Nd+3]. The van der Waals surface area contributed by atoms with Crippen molar-refractivity contribution in [3.63, 3.8) is 0 Å². The maximum absolute atomic E-state index is 5.07. The molecule has 0 unspecified atom stereocenters. The quantitative estimate of drug-likeness (QED) is 0.0793. The van der Waals surface area contributed by atoms with Crippen LogP contribution in [0.15, 0.2) is 94.2 Å². The monoisotopic (exact) mass is 1510 g/mol.